The van der Waals surface area contributed by atoms with Crippen LogP contribution in [0.15, 0.2) is 0 Å². The molecule has 2 rings (SSSR count). The molecule has 3 atom stereocenters. The first-order chi connectivity index (χ1) is 6.00. The summed E-state index contributed by atoms with van der Waals surface area (Å²) in [6.07, 6.45) is 4.80. The minimum Gasteiger partial charge on any atom is -0.355 e. The minimum absolute atomic E-state index is 0.300. The van der Waals surface area contributed by atoms with E-state index in [0.717, 1.165) is 12.3 Å². The zero-order chi connectivity index (χ0) is 9.69. The van der Waals surface area contributed by atoms with E-state index in [1.165, 1.54) is 19.3 Å². The zero-order valence-electron chi connectivity index (χ0n) is 8.76. The van der Waals surface area contributed by atoms with Crippen molar-refractivity contribution in [2.24, 2.45) is 16.7 Å². The molecule has 0 aromatic rings. The first-order valence-corrected chi connectivity index (χ1v) is 5.20. The highest BCUT2D eigenvalue weighted by atomic mass is 16.1. The number of carbonyl (C=O) groups excluding carboxylic acids is 1. The van der Waals surface area contributed by atoms with E-state index in [1.54, 1.807) is 0 Å². The topological polar surface area (TPSA) is 29.1 Å². The van der Waals surface area contributed by atoms with Crippen LogP contribution in [-0.4, -0.2) is 12.5 Å². The van der Waals surface area contributed by atoms with Crippen molar-refractivity contribution < 1.29 is 4.79 Å². The van der Waals surface area contributed by atoms with Gasteiger partial charge in [-0.25, -0.2) is 0 Å². The summed E-state index contributed by atoms with van der Waals surface area (Å²) in [5, 5.41) is 3.03. The lowest BCUT2D eigenvalue weighted by Gasteiger charge is -2.42. The van der Waals surface area contributed by atoms with E-state index in [2.05, 4.69) is 26.1 Å². The number of nitrogens with one attached hydrogen (secondary N) is 1. The first-order valence-electron chi connectivity index (χ1n) is 5.20. The minimum atomic E-state index is 0.300. The first kappa shape index (κ1) is 9.04. The van der Waals surface area contributed by atoms with Crippen LogP contribution < -0.4 is 5.32 Å². The number of amides is 1. The molecule has 0 saturated heterocycles. The fraction of sp³-hybridized carbons (Fsp3) is 0.909. The van der Waals surface area contributed by atoms with Gasteiger partial charge < -0.3 is 5.32 Å². The molecule has 1 amide bonds. The summed E-state index contributed by atoms with van der Waals surface area (Å²) in [4.78, 5) is 10.6. The van der Waals surface area contributed by atoms with Gasteiger partial charge in [0, 0.05) is 6.04 Å². The lowest BCUT2D eigenvalue weighted by atomic mass is 9.68. The average Bonchev–Trinajstić information content (AvgIpc) is 2.50. The molecule has 2 bridgehead atoms. The van der Waals surface area contributed by atoms with Crippen molar-refractivity contribution in [2.45, 2.75) is 46.1 Å². The molecule has 2 heteroatoms. The SMILES string of the molecule is CC1(C)C2CC[C@@](C)(C2)C1NC=O. The van der Waals surface area contributed by atoms with Crippen LogP contribution in [0.5, 0.6) is 0 Å². The molecule has 0 aromatic heterocycles. The molecule has 0 heterocycles. The Morgan fingerprint density at radius 3 is 2.54 bits per heavy atom. The Labute approximate surface area is 80.1 Å². The molecule has 74 valence electrons. The molecule has 13 heavy (non-hydrogen) atoms. The molecular weight excluding hydrogens is 162 g/mol. The third kappa shape index (κ3) is 1.04. The van der Waals surface area contributed by atoms with E-state index >= 15 is 0 Å². The Bertz CT molecular complexity index is 231. The average molecular weight is 181 g/mol. The van der Waals surface area contributed by atoms with Gasteiger partial charge in [-0.15, -0.1) is 0 Å². The molecule has 0 aromatic carbocycles. The maximum Gasteiger partial charge on any atom is 0.207 e. The summed E-state index contributed by atoms with van der Waals surface area (Å²) in [6, 6.07) is 0.385. The Balaban J connectivity index is 2.28. The summed E-state index contributed by atoms with van der Waals surface area (Å²) < 4.78 is 0. The number of carbonyl (C=O) groups is 1. The fourth-order valence-corrected chi connectivity index (χ4v) is 3.79. The van der Waals surface area contributed by atoms with Crippen molar-refractivity contribution in [1.82, 2.24) is 5.32 Å². The molecule has 1 N–H and O–H groups in total. The fourth-order valence-electron chi connectivity index (χ4n) is 3.79. The highest BCUT2D eigenvalue weighted by Crippen LogP contribution is 2.62. The lowest BCUT2D eigenvalue weighted by Crippen LogP contribution is -2.49. The van der Waals surface area contributed by atoms with E-state index in [0.29, 0.717) is 16.9 Å². The molecule has 2 saturated carbocycles. The van der Waals surface area contributed by atoms with Crippen LogP contribution in [0.3, 0.4) is 0 Å². The van der Waals surface area contributed by atoms with Crippen molar-refractivity contribution in [3.63, 3.8) is 0 Å². The van der Waals surface area contributed by atoms with Crippen molar-refractivity contribution >= 4 is 6.41 Å². The van der Waals surface area contributed by atoms with E-state index in [4.69, 9.17) is 0 Å². The highest BCUT2D eigenvalue weighted by molar-refractivity contribution is 5.48. The second-order valence-electron chi connectivity index (χ2n) is 5.63. The van der Waals surface area contributed by atoms with E-state index in [9.17, 15) is 4.79 Å². The zero-order valence-corrected chi connectivity index (χ0v) is 8.76. The van der Waals surface area contributed by atoms with Gasteiger partial charge in [0.25, 0.3) is 0 Å². The Morgan fingerprint density at radius 2 is 2.08 bits per heavy atom. The monoisotopic (exact) mass is 181 g/mol. The van der Waals surface area contributed by atoms with Gasteiger partial charge in [0.1, 0.15) is 0 Å². The molecule has 2 aliphatic rings. The van der Waals surface area contributed by atoms with Crippen LogP contribution in [0.2, 0.25) is 0 Å². The van der Waals surface area contributed by atoms with Gasteiger partial charge in [-0.2, -0.15) is 0 Å². The summed E-state index contributed by atoms with van der Waals surface area (Å²) in [5.41, 5.74) is 0.670. The number of hydrogen-bond acceptors (Lipinski definition) is 1. The molecular formula is C11H19NO. The Hall–Kier alpha value is -0.530. The summed E-state index contributed by atoms with van der Waals surface area (Å²) >= 11 is 0. The second-order valence-corrected chi connectivity index (χ2v) is 5.63. The highest BCUT2D eigenvalue weighted by Gasteiger charge is 2.59. The predicted octanol–water partition coefficient (Wildman–Crippen LogP) is 1.95. The van der Waals surface area contributed by atoms with Crippen molar-refractivity contribution in [3.05, 3.63) is 0 Å². The maximum absolute atomic E-state index is 10.6. The van der Waals surface area contributed by atoms with Gasteiger partial charge in [-0.3, -0.25) is 4.79 Å². The standard InChI is InChI=1S/C11H19NO/c1-10(2)8-4-5-11(3,6-8)9(10)12-7-13/h7-9H,4-6H2,1-3H3,(H,12,13)/t8?,9?,11-/m0/s1. The third-order valence-corrected chi connectivity index (χ3v) is 4.50. The van der Waals surface area contributed by atoms with Crippen LogP contribution in [0.1, 0.15) is 40.0 Å². The maximum atomic E-state index is 10.6. The van der Waals surface area contributed by atoms with Crippen LogP contribution in [0.4, 0.5) is 0 Å². The van der Waals surface area contributed by atoms with Gasteiger partial charge in [0.15, 0.2) is 0 Å². The number of hydrogen-bond donors (Lipinski definition) is 1. The van der Waals surface area contributed by atoms with Gasteiger partial charge >= 0.3 is 0 Å². The molecule has 0 spiro atoms. The van der Waals surface area contributed by atoms with Gasteiger partial charge in [0.2, 0.25) is 6.41 Å². The van der Waals surface area contributed by atoms with Gasteiger partial charge in [0.05, 0.1) is 0 Å². The predicted molar refractivity (Wildman–Crippen MR) is 52.2 cm³/mol. The largest absolute Gasteiger partial charge is 0.355 e. The number of fused-ring (bicyclic) bond motifs is 2. The van der Waals surface area contributed by atoms with Gasteiger partial charge in [-0.05, 0) is 36.0 Å². The molecule has 2 nitrogen and oxygen atoms in total. The lowest BCUT2D eigenvalue weighted by molar-refractivity contribution is -0.112. The van der Waals surface area contributed by atoms with Crippen molar-refractivity contribution in [3.8, 4) is 0 Å². The van der Waals surface area contributed by atoms with Crippen molar-refractivity contribution in [1.29, 1.82) is 0 Å². The Kier molecular flexibility index (Phi) is 1.73. The molecule has 0 radical (unpaired) electrons. The summed E-state index contributed by atoms with van der Waals surface area (Å²) in [5.74, 6) is 0.815. The number of rotatable bonds is 2. The van der Waals surface area contributed by atoms with Crippen LogP contribution in [-0.2, 0) is 4.79 Å². The smallest absolute Gasteiger partial charge is 0.207 e. The van der Waals surface area contributed by atoms with Crippen LogP contribution >= 0.6 is 0 Å². The third-order valence-electron chi connectivity index (χ3n) is 4.50. The summed E-state index contributed by atoms with van der Waals surface area (Å²) in [6.45, 7) is 6.91. The molecule has 2 aliphatic carbocycles. The summed E-state index contributed by atoms with van der Waals surface area (Å²) in [7, 11) is 0. The molecule has 0 aliphatic heterocycles. The Morgan fingerprint density at radius 1 is 1.38 bits per heavy atom. The van der Waals surface area contributed by atoms with Crippen LogP contribution in [0, 0.1) is 16.7 Å². The van der Waals surface area contributed by atoms with E-state index < -0.39 is 0 Å². The second kappa shape index (κ2) is 2.49. The quantitative estimate of drug-likeness (QED) is 0.648. The van der Waals surface area contributed by atoms with E-state index in [1.807, 2.05) is 0 Å². The molecule has 2 fully saturated rings. The normalized spacial score (nSPS) is 46.4. The van der Waals surface area contributed by atoms with Crippen molar-refractivity contribution in [2.75, 3.05) is 0 Å². The van der Waals surface area contributed by atoms with Gasteiger partial charge in [-0.1, -0.05) is 20.8 Å². The van der Waals surface area contributed by atoms with E-state index in [-0.39, 0.29) is 0 Å². The molecule has 2 unspecified atom stereocenters. The van der Waals surface area contributed by atoms with Crippen LogP contribution in [0.25, 0.3) is 0 Å².